The Hall–Kier alpha value is -2.48. The molecule has 0 spiro atoms. The van der Waals surface area contributed by atoms with Crippen LogP contribution >= 0.6 is 17.7 Å². The summed E-state index contributed by atoms with van der Waals surface area (Å²) in [6.45, 7) is 3.38. The summed E-state index contributed by atoms with van der Waals surface area (Å²) in [5, 5.41) is 2.07. The molecule has 4 rings (SSSR count). The number of carbonyl (C=O) groups excluding carboxylic acids is 1. The number of ether oxygens (including phenoxy) is 2. The van der Waals surface area contributed by atoms with E-state index in [1.807, 2.05) is 48.5 Å². The number of carbonyl (C=O) groups is 1. The van der Waals surface area contributed by atoms with Crippen molar-refractivity contribution in [3.05, 3.63) is 48.5 Å². The second-order valence-electron chi connectivity index (χ2n) is 7.68. The molecule has 3 aromatic rings. The van der Waals surface area contributed by atoms with Gasteiger partial charge in [0.2, 0.25) is 5.91 Å². The van der Waals surface area contributed by atoms with E-state index in [0.29, 0.717) is 51.0 Å². The quantitative estimate of drug-likeness (QED) is 0.347. The molecule has 1 saturated heterocycles. The van der Waals surface area contributed by atoms with Crippen molar-refractivity contribution in [2.45, 2.75) is 22.9 Å². The van der Waals surface area contributed by atoms with Gasteiger partial charge in [0.1, 0.15) is 23.0 Å². The standard InChI is InChI=1S/C22H26N3O5PS/c1-31(27,22(20(23)26)10-13-28-14-11-22)32-17-8-6-16(7-9-17)29-15-12-24-21-25-18-4-2-3-5-19(18)30-21/h2-9H,10-15H2,1H3,(H2,23,26)(H,24,25). The molecule has 8 nitrogen and oxygen atoms in total. The Morgan fingerprint density at radius 1 is 1.22 bits per heavy atom. The molecule has 1 fully saturated rings. The van der Waals surface area contributed by atoms with Crippen molar-refractivity contribution >= 4 is 40.7 Å². The van der Waals surface area contributed by atoms with Gasteiger partial charge in [-0.05, 0) is 55.9 Å². The van der Waals surface area contributed by atoms with Crippen LogP contribution in [0.5, 0.6) is 5.75 Å². The first-order chi connectivity index (χ1) is 15.4. The summed E-state index contributed by atoms with van der Waals surface area (Å²) in [5.74, 6) is 0.181. The number of nitrogens with two attached hydrogens (primary N) is 1. The molecule has 1 aliphatic heterocycles. The second-order valence-corrected chi connectivity index (χ2v) is 13.5. The van der Waals surface area contributed by atoms with Crippen LogP contribution in [0.25, 0.3) is 11.1 Å². The summed E-state index contributed by atoms with van der Waals surface area (Å²) in [6, 6.07) is 15.4. The fourth-order valence-electron chi connectivity index (χ4n) is 3.72. The lowest BCUT2D eigenvalue weighted by molar-refractivity contribution is -0.122. The van der Waals surface area contributed by atoms with Gasteiger partial charge in [-0.3, -0.25) is 4.79 Å². The van der Waals surface area contributed by atoms with Crippen LogP contribution in [0.2, 0.25) is 0 Å². The zero-order valence-electron chi connectivity index (χ0n) is 17.8. The Balaban J connectivity index is 1.30. The first-order valence-electron chi connectivity index (χ1n) is 10.4. The van der Waals surface area contributed by atoms with Gasteiger partial charge < -0.3 is 29.5 Å². The van der Waals surface area contributed by atoms with E-state index in [9.17, 15) is 9.36 Å². The minimum Gasteiger partial charge on any atom is -0.492 e. The van der Waals surface area contributed by atoms with Gasteiger partial charge in [0.25, 0.3) is 6.01 Å². The lowest BCUT2D eigenvalue weighted by atomic mass is 9.98. The third-order valence-corrected chi connectivity index (χ3v) is 11.4. The van der Waals surface area contributed by atoms with E-state index < -0.39 is 17.4 Å². The minimum absolute atomic E-state index is 0.386. The van der Waals surface area contributed by atoms with Crippen LogP contribution in [0.1, 0.15) is 12.8 Å². The Labute approximate surface area is 190 Å². The van der Waals surface area contributed by atoms with Gasteiger partial charge in [-0.1, -0.05) is 23.5 Å². The fraction of sp³-hybridized carbons (Fsp3) is 0.364. The average Bonchev–Trinajstić information content (AvgIpc) is 3.21. The van der Waals surface area contributed by atoms with Gasteiger partial charge >= 0.3 is 0 Å². The van der Waals surface area contributed by atoms with Gasteiger partial charge in [-0.2, -0.15) is 4.98 Å². The number of rotatable bonds is 9. The molecule has 1 unspecified atom stereocenters. The molecule has 170 valence electrons. The third-order valence-electron chi connectivity index (χ3n) is 5.60. The number of anilines is 1. The molecule has 2 aromatic carbocycles. The normalized spacial score (nSPS) is 17.5. The lowest BCUT2D eigenvalue weighted by Crippen LogP contribution is -2.47. The zero-order valence-corrected chi connectivity index (χ0v) is 19.5. The summed E-state index contributed by atoms with van der Waals surface area (Å²) >= 11 is 1.23. The van der Waals surface area contributed by atoms with Gasteiger partial charge in [-0.15, -0.1) is 0 Å². The van der Waals surface area contributed by atoms with Crippen LogP contribution in [0.15, 0.2) is 57.8 Å². The number of fused-ring (bicyclic) bond motifs is 1. The van der Waals surface area contributed by atoms with Crippen molar-refractivity contribution in [1.82, 2.24) is 4.98 Å². The Morgan fingerprint density at radius 2 is 1.94 bits per heavy atom. The number of benzene rings is 2. The van der Waals surface area contributed by atoms with Gasteiger partial charge in [0.15, 0.2) is 11.9 Å². The van der Waals surface area contributed by atoms with E-state index in [1.165, 1.54) is 11.4 Å². The van der Waals surface area contributed by atoms with E-state index in [1.54, 1.807) is 6.66 Å². The highest BCUT2D eigenvalue weighted by Crippen LogP contribution is 2.70. The van der Waals surface area contributed by atoms with Crippen LogP contribution in [0.4, 0.5) is 6.01 Å². The summed E-state index contributed by atoms with van der Waals surface area (Å²) in [6.07, 6.45) is -2.20. The molecule has 0 aliphatic carbocycles. The number of hydrogen-bond donors (Lipinski definition) is 2. The average molecular weight is 476 g/mol. The van der Waals surface area contributed by atoms with E-state index in [4.69, 9.17) is 19.6 Å². The molecule has 2 heterocycles. The Kier molecular flexibility index (Phi) is 6.79. The summed E-state index contributed by atoms with van der Waals surface area (Å²) < 4.78 is 30.3. The second kappa shape index (κ2) is 9.57. The maximum Gasteiger partial charge on any atom is 0.295 e. The van der Waals surface area contributed by atoms with Crippen molar-refractivity contribution < 1.29 is 23.3 Å². The van der Waals surface area contributed by atoms with Crippen molar-refractivity contribution in [3.63, 3.8) is 0 Å². The predicted octanol–water partition coefficient (Wildman–Crippen LogP) is 4.35. The van der Waals surface area contributed by atoms with Crippen molar-refractivity contribution in [2.75, 3.05) is 38.3 Å². The van der Waals surface area contributed by atoms with Gasteiger partial charge in [0.05, 0.1) is 6.54 Å². The van der Waals surface area contributed by atoms with Crippen molar-refractivity contribution in [3.8, 4) is 5.75 Å². The maximum atomic E-state index is 13.5. The Bertz CT molecular complexity index is 1100. The molecule has 1 aromatic heterocycles. The molecule has 0 radical (unpaired) electrons. The zero-order chi connectivity index (χ0) is 22.6. The topological polar surface area (TPSA) is 117 Å². The molecule has 0 saturated carbocycles. The number of hydrogen-bond acceptors (Lipinski definition) is 8. The number of nitrogens with one attached hydrogen (secondary N) is 1. The molecule has 0 bridgehead atoms. The van der Waals surface area contributed by atoms with Crippen LogP contribution in [-0.4, -0.2) is 49.1 Å². The van der Waals surface area contributed by atoms with Crippen LogP contribution < -0.4 is 15.8 Å². The van der Waals surface area contributed by atoms with E-state index in [0.717, 1.165) is 16.0 Å². The molecule has 1 amide bonds. The van der Waals surface area contributed by atoms with Gasteiger partial charge in [0, 0.05) is 18.1 Å². The number of primary amides is 1. The predicted molar refractivity (Wildman–Crippen MR) is 126 cm³/mol. The van der Waals surface area contributed by atoms with Crippen molar-refractivity contribution in [1.29, 1.82) is 0 Å². The summed E-state index contributed by atoms with van der Waals surface area (Å²) in [5.41, 5.74) is 7.22. The smallest absolute Gasteiger partial charge is 0.295 e. The molecule has 1 aliphatic rings. The minimum atomic E-state index is -2.97. The van der Waals surface area contributed by atoms with E-state index in [2.05, 4.69) is 10.3 Å². The SMILES string of the molecule is CP(=O)(Sc1ccc(OCCNc2nc3ccccc3o2)cc1)C1(C(N)=O)CCOCC1. The fourth-order valence-corrected chi connectivity index (χ4v) is 8.87. The first-order valence-corrected chi connectivity index (χ1v) is 13.9. The van der Waals surface area contributed by atoms with E-state index >= 15 is 0 Å². The molecule has 3 N–H and O–H groups in total. The molecule has 10 heteroatoms. The van der Waals surface area contributed by atoms with E-state index in [-0.39, 0.29) is 0 Å². The molecular formula is C22H26N3O5PS. The van der Waals surface area contributed by atoms with Gasteiger partial charge in [-0.25, -0.2) is 0 Å². The molecule has 1 atom stereocenters. The third kappa shape index (κ3) is 4.80. The van der Waals surface area contributed by atoms with Crippen molar-refractivity contribution in [2.24, 2.45) is 5.73 Å². The highest BCUT2D eigenvalue weighted by Gasteiger charge is 2.51. The number of oxazole rings is 1. The largest absolute Gasteiger partial charge is 0.492 e. The highest BCUT2D eigenvalue weighted by atomic mass is 32.7. The number of amides is 1. The highest BCUT2D eigenvalue weighted by molar-refractivity contribution is 8.58. The first kappa shape index (κ1) is 22.7. The van der Waals surface area contributed by atoms with Crippen LogP contribution in [0.3, 0.4) is 0 Å². The summed E-state index contributed by atoms with van der Waals surface area (Å²) in [7, 11) is 0. The number of aromatic nitrogens is 1. The van der Waals surface area contributed by atoms with Crippen LogP contribution in [0, 0.1) is 0 Å². The summed E-state index contributed by atoms with van der Waals surface area (Å²) in [4.78, 5) is 17.4. The number of para-hydroxylation sites is 2. The molecular weight excluding hydrogens is 449 g/mol. The van der Waals surface area contributed by atoms with Crippen LogP contribution in [-0.2, 0) is 14.1 Å². The lowest BCUT2D eigenvalue weighted by Gasteiger charge is -2.38. The Morgan fingerprint density at radius 3 is 2.62 bits per heavy atom. The maximum absolute atomic E-state index is 13.5. The monoisotopic (exact) mass is 475 g/mol. The number of nitrogens with zero attached hydrogens (tertiary/aromatic N) is 1. The molecule has 32 heavy (non-hydrogen) atoms.